The summed E-state index contributed by atoms with van der Waals surface area (Å²) < 4.78 is 0. The van der Waals surface area contributed by atoms with E-state index in [1.54, 1.807) is 6.20 Å². The van der Waals surface area contributed by atoms with E-state index >= 15 is 0 Å². The van der Waals surface area contributed by atoms with Crippen LogP contribution in [0.1, 0.15) is 0 Å². The molecule has 0 radical (unpaired) electrons. The first-order chi connectivity index (χ1) is 6.27. The minimum atomic E-state index is 0.888. The van der Waals surface area contributed by atoms with Gasteiger partial charge in [-0.1, -0.05) is 12.1 Å². The van der Waals surface area contributed by atoms with E-state index < -0.39 is 0 Å². The Labute approximate surface area is 77.0 Å². The number of hydrogen-bond donors (Lipinski definition) is 0. The molecule has 3 nitrogen and oxygen atoms in total. The van der Waals surface area contributed by atoms with E-state index in [0.717, 1.165) is 16.9 Å². The van der Waals surface area contributed by atoms with Gasteiger partial charge in [-0.3, -0.25) is 4.98 Å². The minimum absolute atomic E-state index is 0.888. The second-order valence-electron chi connectivity index (χ2n) is 3.11. The molecule has 1 aromatic heterocycles. The number of hydrogen-bond acceptors (Lipinski definition) is 3. The van der Waals surface area contributed by atoms with Crippen molar-refractivity contribution in [2.24, 2.45) is 0 Å². The third kappa shape index (κ3) is 1.45. The number of aromatic nitrogens is 2. The van der Waals surface area contributed by atoms with Crippen molar-refractivity contribution in [1.82, 2.24) is 9.97 Å². The Bertz CT molecular complexity index is 423. The second-order valence-corrected chi connectivity index (χ2v) is 3.11. The topological polar surface area (TPSA) is 29.0 Å². The van der Waals surface area contributed by atoms with Crippen LogP contribution in [-0.2, 0) is 0 Å². The average molecular weight is 173 g/mol. The molecular formula is C10H11N3. The van der Waals surface area contributed by atoms with Crippen molar-refractivity contribution in [3.05, 3.63) is 30.5 Å². The minimum Gasteiger partial charge on any atom is -0.361 e. The van der Waals surface area contributed by atoms with Crippen molar-refractivity contribution in [2.45, 2.75) is 0 Å². The van der Waals surface area contributed by atoms with Gasteiger partial charge in [0.2, 0.25) is 0 Å². The van der Waals surface area contributed by atoms with E-state index in [1.807, 2.05) is 43.3 Å². The smallest absolute Gasteiger partial charge is 0.147 e. The van der Waals surface area contributed by atoms with Gasteiger partial charge in [-0.2, -0.15) is 0 Å². The molecule has 66 valence electrons. The van der Waals surface area contributed by atoms with Crippen LogP contribution in [0.4, 0.5) is 5.82 Å². The molecule has 0 saturated carbocycles. The van der Waals surface area contributed by atoms with Crippen molar-refractivity contribution in [1.29, 1.82) is 0 Å². The number of nitrogens with zero attached hydrogens (tertiary/aromatic N) is 3. The Morgan fingerprint density at radius 1 is 1.08 bits per heavy atom. The first-order valence-electron chi connectivity index (χ1n) is 4.16. The second kappa shape index (κ2) is 3.01. The Hall–Kier alpha value is -1.64. The van der Waals surface area contributed by atoms with Gasteiger partial charge < -0.3 is 4.90 Å². The number of anilines is 1. The number of benzene rings is 1. The molecule has 0 atom stereocenters. The monoisotopic (exact) mass is 173 g/mol. The molecule has 2 rings (SSSR count). The Morgan fingerprint density at radius 3 is 2.46 bits per heavy atom. The number of rotatable bonds is 1. The molecule has 0 amide bonds. The molecule has 0 bridgehead atoms. The highest BCUT2D eigenvalue weighted by atomic mass is 15.1. The molecule has 0 aliphatic heterocycles. The van der Waals surface area contributed by atoms with E-state index in [-0.39, 0.29) is 0 Å². The quantitative estimate of drug-likeness (QED) is 0.657. The third-order valence-electron chi connectivity index (χ3n) is 1.89. The molecule has 1 heterocycles. The fourth-order valence-electron chi connectivity index (χ4n) is 1.16. The summed E-state index contributed by atoms with van der Waals surface area (Å²) in [5.74, 6) is 0.888. The molecule has 0 N–H and O–H groups in total. The number of fused-ring (bicyclic) bond motifs is 1. The van der Waals surface area contributed by atoms with Gasteiger partial charge in [0.25, 0.3) is 0 Å². The molecular weight excluding hydrogens is 162 g/mol. The lowest BCUT2D eigenvalue weighted by molar-refractivity contribution is 1.06. The number of para-hydroxylation sites is 2. The van der Waals surface area contributed by atoms with Gasteiger partial charge in [0.05, 0.1) is 17.2 Å². The molecule has 0 aliphatic carbocycles. The normalized spacial score (nSPS) is 10.3. The van der Waals surface area contributed by atoms with Gasteiger partial charge in [-0.25, -0.2) is 4.98 Å². The van der Waals surface area contributed by atoms with E-state index in [1.165, 1.54) is 0 Å². The van der Waals surface area contributed by atoms with E-state index in [0.29, 0.717) is 0 Å². The van der Waals surface area contributed by atoms with Crippen molar-refractivity contribution >= 4 is 16.9 Å². The lowest BCUT2D eigenvalue weighted by Crippen LogP contribution is -2.10. The highest BCUT2D eigenvalue weighted by Crippen LogP contribution is 2.12. The highest BCUT2D eigenvalue weighted by molar-refractivity contribution is 5.75. The SMILES string of the molecule is CN(C)c1cnc2ccccc2n1. The largest absolute Gasteiger partial charge is 0.361 e. The van der Waals surface area contributed by atoms with Crippen LogP contribution in [0.2, 0.25) is 0 Å². The van der Waals surface area contributed by atoms with E-state index in [2.05, 4.69) is 9.97 Å². The summed E-state index contributed by atoms with van der Waals surface area (Å²) in [4.78, 5) is 10.7. The average Bonchev–Trinajstić information content (AvgIpc) is 2.17. The molecule has 0 aliphatic rings. The fourth-order valence-corrected chi connectivity index (χ4v) is 1.16. The standard InChI is InChI=1S/C10H11N3/c1-13(2)10-7-11-8-5-3-4-6-9(8)12-10/h3-7H,1-2H3. The molecule has 3 heteroatoms. The molecule has 2 aromatic rings. The maximum Gasteiger partial charge on any atom is 0.147 e. The van der Waals surface area contributed by atoms with Crippen LogP contribution in [0.5, 0.6) is 0 Å². The van der Waals surface area contributed by atoms with Crippen molar-refractivity contribution < 1.29 is 0 Å². The maximum atomic E-state index is 4.44. The fraction of sp³-hybridized carbons (Fsp3) is 0.200. The zero-order chi connectivity index (χ0) is 9.26. The van der Waals surface area contributed by atoms with Gasteiger partial charge in [-0.05, 0) is 12.1 Å². The summed E-state index contributed by atoms with van der Waals surface area (Å²) in [7, 11) is 3.91. The summed E-state index contributed by atoms with van der Waals surface area (Å²) in [6.45, 7) is 0. The molecule has 0 spiro atoms. The predicted octanol–water partition coefficient (Wildman–Crippen LogP) is 1.70. The van der Waals surface area contributed by atoms with Crippen LogP contribution in [0.3, 0.4) is 0 Å². The van der Waals surface area contributed by atoms with Crippen LogP contribution in [0.15, 0.2) is 30.5 Å². The lowest BCUT2D eigenvalue weighted by Gasteiger charge is -2.10. The van der Waals surface area contributed by atoms with Crippen molar-refractivity contribution in [3.63, 3.8) is 0 Å². The summed E-state index contributed by atoms with van der Waals surface area (Å²) >= 11 is 0. The van der Waals surface area contributed by atoms with Gasteiger partial charge in [0.15, 0.2) is 0 Å². The Kier molecular flexibility index (Phi) is 1.85. The van der Waals surface area contributed by atoms with E-state index in [9.17, 15) is 0 Å². The Balaban J connectivity index is 2.62. The van der Waals surface area contributed by atoms with Crippen molar-refractivity contribution in [3.8, 4) is 0 Å². The van der Waals surface area contributed by atoms with Gasteiger partial charge in [0, 0.05) is 14.1 Å². The van der Waals surface area contributed by atoms with Crippen molar-refractivity contribution in [2.75, 3.05) is 19.0 Å². The molecule has 0 saturated heterocycles. The van der Waals surface area contributed by atoms with Crippen LogP contribution in [-0.4, -0.2) is 24.1 Å². The molecule has 0 unspecified atom stereocenters. The lowest BCUT2D eigenvalue weighted by atomic mass is 10.3. The van der Waals surface area contributed by atoms with Crippen LogP contribution in [0.25, 0.3) is 11.0 Å². The molecule has 1 aromatic carbocycles. The van der Waals surface area contributed by atoms with Crippen LogP contribution < -0.4 is 4.90 Å². The van der Waals surface area contributed by atoms with Crippen LogP contribution in [0, 0.1) is 0 Å². The third-order valence-corrected chi connectivity index (χ3v) is 1.89. The highest BCUT2D eigenvalue weighted by Gasteiger charge is 1.99. The van der Waals surface area contributed by atoms with E-state index in [4.69, 9.17) is 0 Å². The Morgan fingerprint density at radius 2 is 1.77 bits per heavy atom. The van der Waals surface area contributed by atoms with Crippen LogP contribution >= 0.6 is 0 Å². The van der Waals surface area contributed by atoms with Gasteiger partial charge in [0.1, 0.15) is 5.82 Å². The van der Waals surface area contributed by atoms with Gasteiger partial charge in [-0.15, -0.1) is 0 Å². The summed E-state index contributed by atoms with van der Waals surface area (Å²) in [6, 6.07) is 7.86. The molecule has 13 heavy (non-hydrogen) atoms. The first kappa shape index (κ1) is 7.98. The zero-order valence-electron chi connectivity index (χ0n) is 7.73. The molecule has 0 fully saturated rings. The first-order valence-corrected chi connectivity index (χ1v) is 4.16. The predicted molar refractivity (Wildman–Crippen MR) is 53.9 cm³/mol. The summed E-state index contributed by atoms with van der Waals surface area (Å²) in [6.07, 6.45) is 1.78. The van der Waals surface area contributed by atoms with Gasteiger partial charge >= 0.3 is 0 Å². The maximum absolute atomic E-state index is 4.44. The summed E-state index contributed by atoms with van der Waals surface area (Å²) in [5, 5.41) is 0. The zero-order valence-corrected chi connectivity index (χ0v) is 7.73. The summed E-state index contributed by atoms with van der Waals surface area (Å²) in [5.41, 5.74) is 1.88.